The van der Waals surface area contributed by atoms with Gasteiger partial charge in [-0.2, -0.15) is 26.3 Å². The van der Waals surface area contributed by atoms with E-state index in [1.807, 2.05) is 0 Å². The van der Waals surface area contributed by atoms with Crippen molar-refractivity contribution in [3.05, 3.63) is 57.6 Å². The lowest BCUT2D eigenvalue weighted by Crippen LogP contribution is -2.31. The van der Waals surface area contributed by atoms with E-state index >= 15 is 0 Å². The highest BCUT2D eigenvalue weighted by Gasteiger charge is 2.46. The Labute approximate surface area is 278 Å². The molecular weight excluding hydrogens is 738 g/mol. The second-order valence-electron chi connectivity index (χ2n) is 10.7. The molecule has 2 aromatic rings. The number of carbonyl (C=O) groups excluding carboxylic acids is 1. The molecule has 19 heteroatoms. The second-order valence-corrected chi connectivity index (χ2v) is 11.3. The van der Waals surface area contributed by atoms with Crippen molar-refractivity contribution in [2.45, 2.75) is 77.3 Å². The summed E-state index contributed by atoms with van der Waals surface area (Å²) >= 11 is 3.06. The summed E-state index contributed by atoms with van der Waals surface area (Å²) in [7, 11) is 0. The molecule has 2 saturated heterocycles. The number of rotatable bonds is 5. The highest BCUT2D eigenvalue weighted by atomic mass is 79.9. The first-order valence-electron chi connectivity index (χ1n) is 13.7. The maximum absolute atomic E-state index is 13.5. The van der Waals surface area contributed by atoms with Gasteiger partial charge in [-0.25, -0.2) is 17.6 Å². The number of nitrogen functional groups attached to an aromatic ring is 1. The van der Waals surface area contributed by atoms with E-state index in [1.165, 1.54) is 17.9 Å². The molecule has 2 N–H and O–H groups in total. The fourth-order valence-corrected chi connectivity index (χ4v) is 5.53. The first kappa shape index (κ1) is 42.5. The van der Waals surface area contributed by atoms with Crippen molar-refractivity contribution in [1.82, 2.24) is 0 Å². The summed E-state index contributed by atoms with van der Waals surface area (Å²) in [6, 6.07) is 4.37. The number of nitro groups is 1. The van der Waals surface area contributed by atoms with E-state index in [0.29, 0.717) is 18.7 Å². The summed E-state index contributed by atoms with van der Waals surface area (Å²) in [6.45, 7) is 3.92. The number of carbonyl (C=O) groups is 1. The van der Waals surface area contributed by atoms with Gasteiger partial charge in [-0.05, 0) is 44.2 Å². The van der Waals surface area contributed by atoms with E-state index in [4.69, 9.17) is 5.73 Å². The highest BCUT2D eigenvalue weighted by Crippen LogP contribution is 2.42. The van der Waals surface area contributed by atoms with Crippen LogP contribution in [-0.2, 0) is 21.9 Å². The standard InChI is InChI=1S/C12H10BrF5N2O2.C12H13F5N2.C4H8O2.CH4/c13-5-8-4-11(14,15)6-19(8)7-1-2-10(20(21)22)9(3-7)12(16,17)18;1-7-5-11(13,14)6-19(7)8-2-3-10(18)9(4-8)12(15,16)17;1-3-6-4(2)5;/h1-3,8H,4-6H2;2-4,7H,5-6,18H2,1H3;3H2,1-2H3;1H4/t8-;7-;;/m01../s1. The molecule has 0 unspecified atom stereocenters. The van der Waals surface area contributed by atoms with Crippen LogP contribution in [-0.4, -0.2) is 59.8 Å². The number of benzene rings is 2. The van der Waals surface area contributed by atoms with Crippen molar-refractivity contribution < 1.29 is 58.4 Å². The van der Waals surface area contributed by atoms with E-state index in [1.54, 1.807) is 13.8 Å². The number of nitrogens with two attached hydrogens (primary N) is 1. The summed E-state index contributed by atoms with van der Waals surface area (Å²) in [5, 5.41) is 10.8. The van der Waals surface area contributed by atoms with Crippen LogP contribution in [0.3, 0.4) is 0 Å². The van der Waals surface area contributed by atoms with Gasteiger partial charge in [-0.1, -0.05) is 23.4 Å². The van der Waals surface area contributed by atoms with E-state index in [-0.39, 0.29) is 36.5 Å². The summed E-state index contributed by atoms with van der Waals surface area (Å²) in [6.07, 6.45) is -10.4. The zero-order valence-corrected chi connectivity index (χ0v) is 26.7. The van der Waals surface area contributed by atoms with E-state index < -0.39 is 83.2 Å². The molecule has 0 aliphatic carbocycles. The number of hydrogen-bond donors (Lipinski definition) is 1. The van der Waals surface area contributed by atoms with Crippen molar-refractivity contribution >= 4 is 44.6 Å². The molecule has 0 amide bonds. The van der Waals surface area contributed by atoms with Crippen LogP contribution >= 0.6 is 15.9 Å². The predicted molar refractivity (Wildman–Crippen MR) is 164 cm³/mol. The van der Waals surface area contributed by atoms with Gasteiger partial charge in [0, 0.05) is 60.3 Å². The summed E-state index contributed by atoms with van der Waals surface area (Å²) < 4.78 is 135. The average molecular weight is 774 g/mol. The number of halogens is 11. The van der Waals surface area contributed by atoms with E-state index in [9.17, 15) is 58.8 Å². The fraction of sp³-hybridized carbons (Fsp3) is 0.552. The van der Waals surface area contributed by atoms with Crippen molar-refractivity contribution in [1.29, 1.82) is 0 Å². The monoisotopic (exact) mass is 772 g/mol. The van der Waals surface area contributed by atoms with Gasteiger partial charge < -0.3 is 20.3 Å². The molecule has 2 heterocycles. The molecule has 272 valence electrons. The van der Waals surface area contributed by atoms with Crippen molar-refractivity contribution in [3.8, 4) is 0 Å². The second kappa shape index (κ2) is 16.3. The van der Waals surface area contributed by atoms with Crippen LogP contribution in [0.25, 0.3) is 0 Å². The van der Waals surface area contributed by atoms with E-state index in [0.717, 1.165) is 23.1 Å². The smallest absolute Gasteiger partial charge is 0.423 e. The van der Waals surface area contributed by atoms with Crippen LogP contribution in [0.2, 0.25) is 0 Å². The van der Waals surface area contributed by atoms with Gasteiger partial charge in [-0.3, -0.25) is 14.9 Å². The number of esters is 1. The normalized spacial score (nSPS) is 19.7. The van der Waals surface area contributed by atoms with Crippen molar-refractivity contribution in [3.63, 3.8) is 0 Å². The average Bonchev–Trinajstić information content (AvgIpc) is 3.40. The third kappa shape index (κ3) is 11.6. The quantitative estimate of drug-likeness (QED) is 0.0809. The molecule has 0 spiro atoms. The number of hydrogen-bond acceptors (Lipinski definition) is 7. The number of nitrogens with zero attached hydrogens (tertiary/aromatic N) is 3. The van der Waals surface area contributed by atoms with Gasteiger partial charge in [0.1, 0.15) is 5.56 Å². The molecule has 2 aromatic carbocycles. The Hall–Kier alpha value is -3.51. The van der Waals surface area contributed by atoms with Crippen LogP contribution < -0.4 is 15.5 Å². The lowest BCUT2D eigenvalue weighted by molar-refractivity contribution is -0.388. The molecular formula is C29H35BrF10N4O4. The van der Waals surface area contributed by atoms with Crippen LogP contribution in [0.4, 0.5) is 66.7 Å². The topological polar surface area (TPSA) is 102 Å². The zero-order chi connectivity index (χ0) is 36.1. The first-order valence-corrected chi connectivity index (χ1v) is 14.8. The fourth-order valence-electron chi connectivity index (χ4n) is 4.96. The van der Waals surface area contributed by atoms with Crippen molar-refractivity contribution in [2.24, 2.45) is 0 Å². The molecule has 0 radical (unpaired) electrons. The van der Waals surface area contributed by atoms with E-state index in [2.05, 4.69) is 20.7 Å². The molecule has 2 fully saturated rings. The van der Waals surface area contributed by atoms with Crippen LogP contribution in [0.1, 0.15) is 52.2 Å². The Morgan fingerprint density at radius 2 is 1.44 bits per heavy atom. The molecule has 2 aliphatic rings. The third-order valence-corrected chi connectivity index (χ3v) is 7.67. The SMILES string of the molecule is C.CCOC(C)=O.C[C@@H]1CC(F)(F)CN1c1ccc(N)c(C(F)(F)F)c1.O=[N+]([O-])c1ccc(N2CC(F)(F)C[C@H]2CBr)cc1C(F)(F)F. The zero-order valence-electron chi connectivity index (χ0n) is 25.1. The molecule has 0 aromatic heterocycles. The predicted octanol–water partition coefficient (Wildman–Crippen LogP) is 8.95. The lowest BCUT2D eigenvalue weighted by Gasteiger charge is -2.25. The maximum Gasteiger partial charge on any atom is 0.423 e. The van der Waals surface area contributed by atoms with Gasteiger partial charge in [0.15, 0.2) is 0 Å². The Morgan fingerprint density at radius 3 is 1.85 bits per heavy atom. The number of anilines is 3. The third-order valence-electron chi connectivity index (χ3n) is 6.92. The van der Waals surface area contributed by atoms with Crippen LogP contribution in [0.15, 0.2) is 36.4 Å². The molecule has 0 bridgehead atoms. The Bertz CT molecular complexity index is 1410. The summed E-state index contributed by atoms with van der Waals surface area (Å²) in [5.41, 5.74) is 1.33. The summed E-state index contributed by atoms with van der Waals surface area (Å²) in [5.74, 6) is -6.10. The lowest BCUT2D eigenvalue weighted by atomic mass is 10.1. The maximum atomic E-state index is 13.5. The Morgan fingerprint density at radius 1 is 0.958 bits per heavy atom. The minimum absolute atomic E-state index is 0. The molecule has 0 saturated carbocycles. The van der Waals surface area contributed by atoms with Crippen molar-refractivity contribution in [2.75, 3.05) is 40.6 Å². The highest BCUT2D eigenvalue weighted by molar-refractivity contribution is 9.09. The molecule has 2 atom stereocenters. The molecule has 8 nitrogen and oxygen atoms in total. The van der Waals surface area contributed by atoms with Gasteiger partial charge >= 0.3 is 18.3 Å². The number of ether oxygens (including phenoxy) is 1. The minimum atomic E-state index is -4.94. The number of nitro benzene ring substituents is 1. The van der Waals surface area contributed by atoms with Gasteiger partial charge in [0.05, 0.1) is 30.2 Å². The largest absolute Gasteiger partial charge is 0.466 e. The van der Waals surface area contributed by atoms with Gasteiger partial charge in [-0.15, -0.1) is 0 Å². The van der Waals surface area contributed by atoms with Gasteiger partial charge in [0.25, 0.3) is 17.5 Å². The van der Waals surface area contributed by atoms with Crippen LogP contribution in [0.5, 0.6) is 0 Å². The number of alkyl halides is 11. The minimum Gasteiger partial charge on any atom is -0.466 e. The summed E-state index contributed by atoms with van der Waals surface area (Å²) in [4.78, 5) is 21.8. The van der Waals surface area contributed by atoms with Gasteiger partial charge in [0.2, 0.25) is 0 Å². The Balaban J connectivity index is 0.000000406. The Kier molecular flexibility index (Phi) is 14.4. The molecule has 2 aliphatic heterocycles. The molecule has 4 rings (SSSR count). The van der Waals surface area contributed by atoms with Crippen LogP contribution in [0, 0.1) is 10.1 Å². The molecule has 48 heavy (non-hydrogen) atoms. The first-order chi connectivity index (χ1) is 21.4.